The van der Waals surface area contributed by atoms with Crippen molar-refractivity contribution in [3.05, 3.63) is 12.2 Å². The first-order chi connectivity index (χ1) is 11.5. The molecule has 0 saturated heterocycles. The first-order valence-electron chi connectivity index (χ1n) is 9.94. The molecule has 0 saturated carbocycles. The number of rotatable bonds is 16. The quantitative estimate of drug-likeness (QED) is 0.0857. The molecule has 0 rings (SSSR count). The summed E-state index contributed by atoms with van der Waals surface area (Å²) in [4.78, 5) is 11.1. The fourth-order valence-corrected chi connectivity index (χ4v) is 4.70. The van der Waals surface area contributed by atoms with E-state index in [9.17, 15) is 4.79 Å². The van der Waals surface area contributed by atoms with Crippen LogP contribution in [-0.4, -0.2) is 19.3 Å². The molecule has 0 atom stereocenters. The summed E-state index contributed by atoms with van der Waals surface area (Å²) in [6, 6.07) is 1.42. The highest BCUT2D eigenvalue weighted by Gasteiger charge is 2.14. The van der Waals surface area contributed by atoms with E-state index in [-0.39, 0.29) is 5.97 Å². The van der Waals surface area contributed by atoms with Gasteiger partial charge in [0.25, 0.3) is 0 Å². The van der Waals surface area contributed by atoms with E-state index in [1.165, 1.54) is 82.7 Å². The molecule has 0 bridgehead atoms. The van der Waals surface area contributed by atoms with Crippen molar-refractivity contribution < 1.29 is 9.53 Å². The zero-order chi connectivity index (χ0) is 18.1. The summed E-state index contributed by atoms with van der Waals surface area (Å²) < 4.78 is 5.07. The molecule has 0 radical (unpaired) electrons. The highest BCUT2D eigenvalue weighted by molar-refractivity contribution is 9.26. The Morgan fingerprint density at radius 2 is 1.25 bits per heavy atom. The third kappa shape index (κ3) is 20.0. The highest BCUT2D eigenvalue weighted by Crippen LogP contribution is 2.21. The lowest BCUT2D eigenvalue weighted by atomic mass is 10.1. The SMILES string of the molecule is CC=CC(=O)OCCCCCCCCCCCCCC[Si](C)(C)Br. The lowest BCUT2D eigenvalue weighted by Gasteiger charge is -2.12. The minimum atomic E-state index is -0.984. The van der Waals surface area contributed by atoms with E-state index in [2.05, 4.69) is 28.4 Å². The molecule has 0 aromatic carbocycles. The van der Waals surface area contributed by atoms with Gasteiger partial charge in [0.05, 0.1) is 6.61 Å². The van der Waals surface area contributed by atoms with Crippen LogP contribution in [0.25, 0.3) is 0 Å². The zero-order valence-corrected chi connectivity index (χ0v) is 18.8. The summed E-state index contributed by atoms with van der Waals surface area (Å²) in [6.07, 6.45) is 19.2. The van der Waals surface area contributed by atoms with Crippen LogP contribution in [0.15, 0.2) is 12.2 Å². The number of allylic oxidation sites excluding steroid dienone is 1. The Morgan fingerprint density at radius 3 is 1.67 bits per heavy atom. The van der Waals surface area contributed by atoms with Gasteiger partial charge in [-0.25, -0.2) is 4.79 Å². The van der Waals surface area contributed by atoms with E-state index >= 15 is 0 Å². The third-order valence-electron chi connectivity index (χ3n) is 4.21. The molecule has 0 aromatic rings. The molecule has 0 heterocycles. The van der Waals surface area contributed by atoms with Crippen LogP contribution in [0.1, 0.15) is 84.0 Å². The number of esters is 1. The number of ether oxygens (including phenoxy) is 1. The number of halogens is 1. The lowest BCUT2D eigenvalue weighted by Crippen LogP contribution is -2.13. The predicted molar refractivity (Wildman–Crippen MR) is 112 cm³/mol. The van der Waals surface area contributed by atoms with Crippen molar-refractivity contribution in [3.63, 3.8) is 0 Å². The molecular formula is C20H39BrO2Si. The Bertz CT molecular complexity index is 324. The van der Waals surface area contributed by atoms with Crippen LogP contribution in [0, 0.1) is 0 Å². The van der Waals surface area contributed by atoms with Crippen molar-refractivity contribution in [1.29, 1.82) is 0 Å². The van der Waals surface area contributed by atoms with E-state index < -0.39 is 6.69 Å². The summed E-state index contributed by atoms with van der Waals surface area (Å²) in [5.41, 5.74) is 0. The maximum atomic E-state index is 11.1. The van der Waals surface area contributed by atoms with Crippen molar-refractivity contribution >= 4 is 28.0 Å². The van der Waals surface area contributed by atoms with Gasteiger partial charge in [0.1, 0.15) is 6.69 Å². The van der Waals surface area contributed by atoms with Crippen molar-refractivity contribution in [2.75, 3.05) is 6.61 Å². The maximum Gasteiger partial charge on any atom is 0.330 e. The second-order valence-corrected chi connectivity index (χ2v) is 17.8. The molecule has 0 unspecified atom stereocenters. The molecule has 0 N–H and O–H groups in total. The zero-order valence-electron chi connectivity index (χ0n) is 16.2. The smallest absolute Gasteiger partial charge is 0.330 e. The normalized spacial score (nSPS) is 12.0. The number of carbonyl (C=O) groups is 1. The van der Waals surface area contributed by atoms with Crippen molar-refractivity contribution in [1.82, 2.24) is 0 Å². The molecule has 0 spiro atoms. The molecule has 0 aliphatic heterocycles. The summed E-state index contributed by atoms with van der Waals surface area (Å²) in [5, 5.41) is 0. The number of unbranched alkanes of at least 4 members (excludes halogenated alkanes) is 11. The summed E-state index contributed by atoms with van der Waals surface area (Å²) in [6.45, 7) is 6.19. The molecule has 2 nitrogen and oxygen atoms in total. The van der Waals surface area contributed by atoms with Crippen LogP contribution < -0.4 is 0 Å². The Hall–Kier alpha value is -0.0931. The number of carbonyl (C=O) groups excluding carboxylic acids is 1. The van der Waals surface area contributed by atoms with Crippen molar-refractivity contribution in [3.8, 4) is 0 Å². The van der Waals surface area contributed by atoms with E-state index in [0.717, 1.165) is 6.42 Å². The molecule has 4 heteroatoms. The van der Waals surface area contributed by atoms with E-state index in [1.54, 1.807) is 6.08 Å². The maximum absolute atomic E-state index is 11.1. The van der Waals surface area contributed by atoms with Crippen LogP contribution in [0.3, 0.4) is 0 Å². The molecular weight excluding hydrogens is 380 g/mol. The van der Waals surface area contributed by atoms with Gasteiger partial charge < -0.3 is 4.74 Å². The number of hydrogen-bond donors (Lipinski definition) is 0. The van der Waals surface area contributed by atoms with Crippen LogP contribution in [-0.2, 0) is 9.53 Å². The van der Waals surface area contributed by atoms with Gasteiger partial charge in [-0.1, -0.05) is 89.8 Å². The molecule has 0 fully saturated rings. The fourth-order valence-electron chi connectivity index (χ4n) is 2.77. The van der Waals surface area contributed by atoms with Crippen LogP contribution in [0.5, 0.6) is 0 Å². The van der Waals surface area contributed by atoms with Gasteiger partial charge in [-0.15, -0.1) is 15.3 Å². The molecule has 142 valence electrons. The van der Waals surface area contributed by atoms with Gasteiger partial charge in [0, 0.05) is 6.08 Å². The Labute approximate surface area is 159 Å². The Kier molecular flexibility index (Phi) is 16.3. The van der Waals surface area contributed by atoms with Crippen molar-refractivity contribution in [2.24, 2.45) is 0 Å². The number of hydrogen-bond acceptors (Lipinski definition) is 2. The molecule has 0 aromatic heterocycles. The van der Waals surface area contributed by atoms with Crippen LogP contribution in [0.2, 0.25) is 19.1 Å². The molecule has 0 amide bonds. The molecule has 0 aliphatic carbocycles. The van der Waals surface area contributed by atoms with Crippen LogP contribution >= 0.6 is 15.3 Å². The van der Waals surface area contributed by atoms with Gasteiger partial charge >= 0.3 is 5.97 Å². The van der Waals surface area contributed by atoms with Gasteiger partial charge in [0.2, 0.25) is 0 Å². The minimum absolute atomic E-state index is 0.213. The summed E-state index contributed by atoms with van der Waals surface area (Å²) >= 11 is 3.84. The second-order valence-electron chi connectivity index (χ2n) is 7.38. The van der Waals surface area contributed by atoms with E-state index in [0.29, 0.717) is 6.61 Å². The predicted octanol–water partition coefficient (Wildman–Crippen LogP) is 7.39. The standard InChI is InChI=1S/C20H39BrO2Si/c1-4-17-20(22)23-18-15-13-11-9-7-5-6-8-10-12-14-16-19-24(2,3)21/h4,17H,5-16,18-19H2,1-3H3. The Balaban J connectivity index is 3.11. The van der Waals surface area contributed by atoms with Gasteiger partial charge in [-0.05, 0) is 19.4 Å². The average molecular weight is 420 g/mol. The van der Waals surface area contributed by atoms with E-state index in [4.69, 9.17) is 4.74 Å². The second kappa shape index (κ2) is 16.4. The fraction of sp³-hybridized carbons (Fsp3) is 0.850. The molecule has 0 aliphatic rings. The third-order valence-corrected chi connectivity index (χ3v) is 6.94. The van der Waals surface area contributed by atoms with Crippen molar-refractivity contribution in [2.45, 2.75) is 103 Å². The van der Waals surface area contributed by atoms with E-state index in [1.807, 2.05) is 6.92 Å². The van der Waals surface area contributed by atoms with Crippen LogP contribution in [0.4, 0.5) is 0 Å². The van der Waals surface area contributed by atoms with Gasteiger partial charge in [0.15, 0.2) is 0 Å². The van der Waals surface area contributed by atoms with Gasteiger partial charge in [-0.3, -0.25) is 0 Å². The highest BCUT2D eigenvalue weighted by atomic mass is 79.9. The Morgan fingerprint density at radius 1 is 0.833 bits per heavy atom. The minimum Gasteiger partial charge on any atom is -0.463 e. The average Bonchev–Trinajstić information content (AvgIpc) is 2.50. The van der Waals surface area contributed by atoms with Gasteiger partial charge in [-0.2, -0.15) is 0 Å². The first kappa shape index (κ1) is 23.9. The largest absolute Gasteiger partial charge is 0.463 e. The monoisotopic (exact) mass is 418 g/mol. The summed E-state index contributed by atoms with van der Waals surface area (Å²) in [5.74, 6) is -0.213. The summed E-state index contributed by atoms with van der Waals surface area (Å²) in [7, 11) is 0. The first-order valence-corrected chi connectivity index (χ1v) is 15.4. The molecule has 24 heavy (non-hydrogen) atoms. The topological polar surface area (TPSA) is 26.3 Å². The lowest BCUT2D eigenvalue weighted by molar-refractivity contribution is -0.137.